The molecule has 102 valence electrons. The van der Waals surface area contributed by atoms with Crippen LogP contribution in [0.3, 0.4) is 0 Å². The first kappa shape index (κ1) is 12.5. The molecule has 1 aromatic carbocycles. The number of anilines is 1. The van der Waals surface area contributed by atoms with Gasteiger partial charge in [0.25, 0.3) is 0 Å². The van der Waals surface area contributed by atoms with Gasteiger partial charge in [-0.05, 0) is 42.9 Å². The van der Waals surface area contributed by atoms with E-state index in [-0.39, 0.29) is 0 Å². The molecule has 2 N–H and O–H groups in total. The molecule has 1 aliphatic carbocycles. The van der Waals surface area contributed by atoms with Crippen molar-refractivity contribution in [2.45, 2.75) is 52.5 Å². The molecule has 1 saturated carbocycles. The molecular weight excluding hydrogens is 234 g/mol. The van der Waals surface area contributed by atoms with E-state index in [0.29, 0.717) is 11.3 Å². The van der Waals surface area contributed by atoms with Gasteiger partial charge in [-0.2, -0.15) is 0 Å². The van der Waals surface area contributed by atoms with Crippen LogP contribution >= 0.6 is 0 Å². The summed E-state index contributed by atoms with van der Waals surface area (Å²) in [4.78, 5) is 4.84. The molecule has 0 bridgehead atoms. The molecule has 3 heteroatoms. The van der Waals surface area contributed by atoms with Gasteiger partial charge in [-0.1, -0.05) is 20.8 Å². The molecule has 3 rings (SSSR count). The topological polar surface area (TPSA) is 43.8 Å². The molecule has 0 atom stereocenters. The largest absolute Gasteiger partial charge is 0.399 e. The monoisotopic (exact) mass is 257 g/mol. The van der Waals surface area contributed by atoms with Crippen LogP contribution in [0.1, 0.15) is 51.8 Å². The highest BCUT2D eigenvalue weighted by atomic mass is 15.1. The second-order valence-corrected chi connectivity index (χ2v) is 6.60. The summed E-state index contributed by atoms with van der Waals surface area (Å²) >= 11 is 0. The van der Waals surface area contributed by atoms with E-state index < -0.39 is 0 Å². The van der Waals surface area contributed by atoms with Gasteiger partial charge >= 0.3 is 0 Å². The van der Waals surface area contributed by atoms with Crippen molar-refractivity contribution in [2.24, 2.45) is 5.41 Å². The maximum Gasteiger partial charge on any atom is 0.113 e. The predicted octanol–water partition coefficient (Wildman–Crippen LogP) is 3.93. The van der Waals surface area contributed by atoms with Crippen molar-refractivity contribution >= 4 is 16.7 Å². The fraction of sp³-hybridized carbons (Fsp3) is 0.562. The third kappa shape index (κ3) is 2.34. The van der Waals surface area contributed by atoms with Gasteiger partial charge in [-0.15, -0.1) is 0 Å². The fourth-order valence-corrected chi connectivity index (χ4v) is 2.52. The fourth-order valence-electron chi connectivity index (χ4n) is 2.52. The summed E-state index contributed by atoms with van der Waals surface area (Å²) < 4.78 is 2.43. The van der Waals surface area contributed by atoms with E-state index in [1.165, 1.54) is 30.6 Å². The van der Waals surface area contributed by atoms with Crippen LogP contribution in [0.2, 0.25) is 0 Å². The van der Waals surface area contributed by atoms with Crippen LogP contribution in [-0.2, 0) is 6.54 Å². The van der Waals surface area contributed by atoms with Crippen LogP contribution in [0.15, 0.2) is 18.2 Å². The minimum Gasteiger partial charge on any atom is -0.399 e. The molecule has 1 heterocycles. The number of nitrogen functional groups attached to an aromatic ring is 1. The summed E-state index contributed by atoms with van der Waals surface area (Å²) in [7, 11) is 0. The lowest BCUT2D eigenvalue weighted by atomic mass is 9.90. The van der Waals surface area contributed by atoms with E-state index in [1.807, 2.05) is 12.1 Å². The summed E-state index contributed by atoms with van der Waals surface area (Å²) in [5.41, 5.74) is 9.27. The minimum atomic E-state index is 0.304. The lowest BCUT2D eigenvalue weighted by Crippen LogP contribution is -2.20. The number of nitrogens with two attached hydrogens (primary N) is 1. The van der Waals surface area contributed by atoms with E-state index in [1.54, 1.807) is 0 Å². The number of hydrogen-bond acceptors (Lipinski definition) is 2. The molecule has 0 unspecified atom stereocenters. The summed E-state index contributed by atoms with van der Waals surface area (Å²) in [5.74, 6) is 1.93. The zero-order chi connectivity index (χ0) is 13.6. The van der Waals surface area contributed by atoms with Crippen molar-refractivity contribution in [1.82, 2.24) is 9.55 Å². The van der Waals surface area contributed by atoms with Crippen molar-refractivity contribution in [2.75, 3.05) is 5.73 Å². The first-order valence-electron chi connectivity index (χ1n) is 7.26. The Hall–Kier alpha value is -1.51. The number of benzene rings is 1. The lowest BCUT2D eigenvalue weighted by molar-refractivity contribution is 0.294. The van der Waals surface area contributed by atoms with Crippen LogP contribution in [-0.4, -0.2) is 9.55 Å². The maximum absolute atomic E-state index is 5.88. The molecule has 1 aromatic heterocycles. The Labute approximate surface area is 114 Å². The van der Waals surface area contributed by atoms with E-state index in [9.17, 15) is 0 Å². The van der Waals surface area contributed by atoms with E-state index in [0.717, 1.165) is 17.7 Å². The van der Waals surface area contributed by atoms with Crippen LogP contribution in [0.5, 0.6) is 0 Å². The van der Waals surface area contributed by atoms with Crippen molar-refractivity contribution in [3.63, 3.8) is 0 Å². The minimum absolute atomic E-state index is 0.304. The van der Waals surface area contributed by atoms with Crippen LogP contribution in [0.25, 0.3) is 11.0 Å². The molecule has 0 aliphatic heterocycles. The lowest BCUT2D eigenvalue weighted by Gasteiger charge is -2.24. The Morgan fingerprint density at radius 3 is 2.74 bits per heavy atom. The molecule has 0 radical (unpaired) electrons. The number of fused-ring (bicyclic) bond motifs is 1. The molecule has 0 spiro atoms. The van der Waals surface area contributed by atoms with E-state index in [2.05, 4.69) is 31.4 Å². The number of hydrogen-bond donors (Lipinski definition) is 1. The molecule has 0 saturated heterocycles. The second kappa shape index (κ2) is 4.26. The summed E-state index contributed by atoms with van der Waals surface area (Å²) in [5, 5.41) is 0. The summed E-state index contributed by atoms with van der Waals surface area (Å²) in [6.07, 6.45) is 3.74. The third-order valence-corrected chi connectivity index (χ3v) is 4.29. The molecule has 2 aromatic rings. The van der Waals surface area contributed by atoms with Gasteiger partial charge < -0.3 is 10.3 Å². The number of imidazole rings is 1. The Balaban J connectivity index is 2.11. The maximum atomic E-state index is 5.88. The van der Waals surface area contributed by atoms with Crippen molar-refractivity contribution < 1.29 is 0 Å². The zero-order valence-corrected chi connectivity index (χ0v) is 12.1. The van der Waals surface area contributed by atoms with Gasteiger partial charge in [0.2, 0.25) is 0 Å². The Morgan fingerprint density at radius 1 is 1.37 bits per heavy atom. The summed E-state index contributed by atoms with van der Waals surface area (Å²) in [6, 6.07) is 6.10. The van der Waals surface area contributed by atoms with Gasteiger partial charge in [0.15, 0.2) is 0 Å². The number of aromatic nitrogens is 2. The van der Waals surface area contributed by atoms with Gasteiger partial charge in [0.1, 0.15) is 5.82 Å². The Morgan fingerprint density at radius 2 is 2.11 bits per heavy atom. The average molecular weight is 257 g/mol. The first-order valence-corrected chi connectivity index (χ1v) is 7.26. The average Bonchev–Trinajstić information content (AvgIpc) is 3.14. The highest BCUT2D eigenvalue weighted by Gasteiger charge is 2.31. The van der Waals surface area contributed by atoms with Crippen LogP contribution in [0, 0.1) is 5.41 Å². The highest BCUT2D eigenvalue weighted by molar-refractivity contribution is 5.79. The molecule has 0 amide bonds. The van der Waals surface area contributed by atoms with Gasteiger partial charge in [0.05, 0.1) is 11.0 Å². The van der Waals surface area contributed by atoms with Crippen LogP contribution in [0.4, 0.5) is 5.69 Å². The predicted molar refractivity (Wildman–Crippen MR) is 80.2 cm³/mol. The number of nitrogens with zero attached hydrogens (tertiary/aromatic N) is 2. The highest BCUT2D eigenvalue weighted by Crippen LogP contribution is 2.41. The smallest absolute Gasteiger partial charge is 0.113 e. The first-order chi connectivity index (χ1) is 9.00. The zero-order valence-electron chi connectivity index (χ0n) is 12.1. The quantitative estimate of drug-likeness (QED) is 0.843. The number of rotatable bonds is 4. The standard InChI is InChI=1S/C16H23N3/c1-4-16(2,3)10-19-14-8-7-12(17)9-13(14)18-15(19)11-5-6-11/h7-9,11H,4-6,10,17H2,1-3H3. The van der Waals surface area contributed by atoms with E-state index >= 15 is 0 Å². The van der Waals surface area contributed by atoms with Gasteiger partial charge in [-0.25, -0.2) is 4.98 Å². The van der Waals surface area contributed by atoms with Crippen LogP contribution < -0.4 is 5.73 Å². The molecule has 3 nitrogen and oxygen atoms in total. The second-order valence-electron chi connectivity index (χ2n) is 6.60. The molecule has 1 aliphatic rings. The van der Waals surface area contributed by atoms with Crippen molar-refractivity contribution in [3.8, 4) is 0 Å². The molecule has 1 fully saturated rings. The Bertz CT molecular complexity index is 606. The van der Waals surface area contributed by atoms with Gasteiger partial charge in [-0.3, -0.25) is 0 Å². The van der Waals surface area contributed by atoms with Gasteiger partial charge in [0, 0.05) is 18.2 Å². The summed E-state index contributed by atoms with van der Waals surface area (Å²) in [6.45, 7) is 7.95. The SMILES string of the molecule is CCC(C)(C)Cn1c(C2CC2)nc2cc(N)ccc21. The molecular formula is C16H23N3. The van der Waals surface area contributed by atoms with Crippen molar-refractivity contribution in [3.05, 3.63) is 24.0 Å². The Kier molecular flexibility index (Phi) is 2.80. The van der Waals surface area contributed by atoms with E-state index in [4.69, 9.17) is 10.7 Å². The normalized spacial score (nSPS) is 16.2. The molecule has 19 heavy (non-hydrogen) atoms. The third-order valence-electron chi connectivity index (χ3n) is 4.29. The van der Waals surface area contributed by atoms with Crippen molar-refractivity contribution in [1.29, 1.82) is 0 Å².